The summed E-state index contributed by atoms with van der Waals surface area (Å²) >= 11 is 0. The summed E-state index contributed by atoms with van der Waals surface area (Å²) in [4.78, 5) is 32.4. The number of rotatable bonds is 7. The minimum Gasteiger partial charge on any atom is -0.390 e. The minimum absolute atomic E-state index is 0.112. The van der Waals surface area contributed by atoms with Gasteiger partial charge in [-0.2, -0.15) is 0 Å². The maximum atomic E-state index is 12.6. The Hall–Kier alpha value is -2.97. The summed E-state index contributed by atoms with van der Waals surface area (Å²) in [6.45, 7) is 5.52. The van der Waals surface area contributed by atoms with Crippen LogP contribution in [0.15, 0.2) is 42.7 Å². The van der Waals surface area contributed by atoms with Gasteiger partial charge in [-0.3, -0.25) is 19.5 Å². The lowest BCUT2D eigenvalue weighted by Gasteiger charge is -2.32. The van der Waals surface area contributed by atoms with Crippen molar-refractivity contribution in [2.75, 3.05) is 38.0 Å². The van der Waals surface area contributed by atoms with E-state index in [9.17, 15) is 14.7 Å². The van der Waals surface area contributed by atoms with Crippen LogP contribution in [-0.2, 0) is 17.8 Å². The third kappa shape index (κ3) is 6.30. The van der Waals surface area contributed by atoms with Crippen molar-refractivity contribution in [2.24, 2.45) is 0 Å². The molecule has 2 aliphatic rings. The second-order valence-electron chi connectivity index (χ2n) is 9.00. The smallest absolute Gasteiger partial charge is 0.253 e. The van der Waals surface area contributed by atoms with Crippen LogP contribution in [0.3, 0.4) is 0 Å². The van der Waals surface area contributed by atoms with Crippen LogP contribution in [0.25, 0.3) is 0 Å². The lowest BCUT2D eigenvalue weighted by atomic mass is 10.00. The van der Waals surface area contributed by atoms with Crippen LogP contribution in [0.5, 0.6) is 0 Å². The average molecular weight is 452 g/mol. The molecule has 2 amide bonds. The molecule has 0 bridgehead atoms. The zero-order valence-electron chi connectivity index (χ0n) is 19.2. The van der Waals surface area contributed by atoms with E-state index in [4.69, 9.17) is 0 Å². The molecular weight excluding hydrogens is 418 g/mol. The van der Waals surface area contributed by atoms with E-state index in [1.54, 1.807) is 19.2 Å². The maximum Gasteiger partial charge on any atom is 0.253 e. The van der Waals surface area contributed by atoms with E-state index in [-0.39, 0.29) is 24.4 Å². The highest BCUT2D eigenvalue weighted by Crippen LogP contribution is 2.19. The highest BCUT2D eigenvalue weighted by molar-refractivity contribution is 5.94. The number of fused-ring (bicyclic) bond motifs is 1. The zero-order chi connectivity index (χ0) is 23.2. The van der Waals surface area contributed by atoms with Gasteiger partial charge in [0.05, 0.1) is 17.4 Å². The van der Waals surface area contributed by atoms with E-state index in [0.29, 0.717) is 12.1 Å². The SMILES string of the molecule is CC(=O)N1CCC(Nc2cncc(C(=O)NC[C@H](O)CN3CCc4ccccc4C3)c2)CC1. The van der Waals surface area contributed by atoms with Crippen LogP contribution in [-0.4, -0.2) is 76.6 Å². The van der Waals surface area contributed by atoms with Crippen LogP contribution < -0.4 is 10.6 Å². The van der Waals surface area contributed by atoms with Gasteiger partial charge in [-0.05, 0) is 36.5 Å². The van der Waals surface area contributed by atoms with Crippen LogP contribution in [0.1, 0.15) is 41.3 Å². The molecule has 176 valence electrons. The molecule has 8 nitrogen and oxygen atoms in total. The van der Waals surface area contributed by atoms with Gasteiger partial charge in [0.1, 0.15) is 0 Å². The molecule has 3 heterocycles. The Morgan fingerprint density at radius 3 is 2.67 bits per heavy atom. The van der Waals surface area contributed by atoms with Crippen molar-refractivity contribution in [3.8, 4) is 0 Å². The topological polar surface area (TPSA) is 97.8 Å². The normalized spacial score (nSPS) is 17.8. The number of hydrogen-bond donors (Lipinski definition) is 3. The molecule has 1 aromatic heterocycles. The standard InChI is InChI=1S/C25H33N5O3/c1-18(31)30-10-7-22(8-11-30)28-23-12-21(13-26-14-23)25(33)27-15-24(32)17-29-9-6-19-4-2-3-5-20(19)16-29/h2-5,12-14,22,24,28,32H,6-11,15-17H2,1H3,(H,27,33)/t24-/m0/s1. The fraction of sp³-hybridized carbons (Fsp3) is 0.480. The molecule has 1 aromatic carbocycles. The zero-order valence-corrected chi connectivity index (χ0v) is 19.2. The number of nitrogens with zero attached hydrogens (tertiary/aromatic N) is 3. The second-order valence-corrected chi connectivity index (χ2v) is 9.00. The predicted octanol–water partition coefficient (Wildman–Crippen LogP) is 1.65. The van der Waals surface area contributed by atoms with Gasteiger partial charge >= 0.3 is 0 Å². The summed E-state index contributed by atoms with van der Waals surface area (Å²) in [5.74, 6) is -0.137. The number of benzene rings is 1. The summed E-state index contributed by atoms with van der Waals surface area (Å²) < 4.78 is 0. The highest BCUT2D eigenvalue weighted by atomic mass is 16.3. The summed E-state index contributed by atoms with van der Waals surface area (Å²) in [5.41, 5.74) is 3.93. The van der Waals surface area contributed by atoms with Gasteiger partial charge in [0.25, 0.3) is 5.91 Å². The average Bonchev–Trinajstić information content (AvgIpc) is 2.83. The first-order valence-electron chi connectivity index (χ1n) is 11.7. The van der Waals surface area contributed by atoms with Gasteiger partial charge in [0.2, 0.25) is 5.91 Å². The predicted molar refractivity (Wildman–Crippen MR) is 127 cm³/mol. The van der Waals surface area contributed by atoms with Gasteiger partial charge in [0, 0.05) is 64.6 Å². The lowest BCUT2D eigenvalue weighted by molar-refractivity contribution is -0.129. The molecular formula is C25H33N5O3. The van der Waals surface area contributed by atoms with E-state index in [1.807, 2.05) is 11.0 Å². The molecule has 0 radical (unpaired) electrons. The van der Waals surface area contributed by atoms with Crippen molar-refractivity contribution in [3.05, 3.63) is 59.4 Å². The molecule has 1 fully saturated rings. The first-order chi connectivity index (χ1) is 16.0. The first-order valence-corrected chi connectivity index (χ1v) is 11.7. The number of pyridine rings is 1. The number of likely N-dealkylation sites (tertiary alicyclic amines) is 1. The Morgan fingerprint density at radius 1 is 1.15 bits per heavy atom. The summed E-state index contributed by atoms with van der Waals surface area (Å²) in [6.07, 6.45) is 5.31. The summed E-state index contributed by atoms with van der Waals surface area (Å²) in [5, 5.41) is 16.7. The Kier molecular flexibility index (Phi) is 7.57. The molecule has 0 spiro atoms. The number of β-amino-alcohol motifs (C(OH)–C–C–N with tert-alkyl or cyclic N) is 1. The van der Waals surface area contributed by atoms with Crippen LogP contribution >= 0.6 is 0 Å². The van der Waals surface area contributed by atoms with E-state index >= 15 is 0 Å². The van der Waals surface area contributed by atoms with Gasteiger partial charge in [-0.15, -0.1) is 0 Å². The van der Waals surface area contributed by atoms with Crippen LogP contribution in [0.4, 0.5) is 5.69 Å². The van der Waals surface area contributed by atoms with Crippen molar-refractivity contribution in [1.29, 1.82) is 0 Å². The van der Waals surface area contributed by atoms with Crippen molar-refractivity contribution in [1.82, 2.24) is 20.1 Å². The lowest BCUT2D eigenvalue weighted by Crippen LogP contribution is -2.42. The van der Waals surface area contributed by atoms with Gasteiger partial charge in [-0.25, -0.2) is 0 Å². The Balaban J connectivity index is 1.23. The molecule has 1 atom stereocenters. The van der Waals surface area contributed by atoms with Crippen molar-refractivity contribution >= 4 is 17.5 Å². The molecule has 3 N–H and O–H groups in total. The third-order valence-corrected chi connectivity index (χ3v) is 6.49. The fourth-order valence-electron chi connectivity index (χ4n) is 4.60. The van der Waals surface area contributed by atoms with Gasteiger partial charge < -0.3 is 20.6 Å². The largest absolute Gasteiger partial charge is 0.390 e. The first kappa shape index (κ1) is 23.2. The number of hydrogen-bond acceptors (Lipinski definition) is 6. The number of amides is 2. The number of nitrogens with one attached hydrogen (secondary N) is 2. The van der Waals surface area contributed by atoms with E-state index < -0.39 is 6.10 Å². The Labute approximate surface area is 195 Å². The Morgan fingerprint density at radius 2 is 1.91 bits per heavy atom. The van der Waals surface area contributed by atoms with E-state index in [2.05, 4.69) is 38.7 Å². The number of aliphatic hydroxyl groups is 1. The maximum absolute atomic E-state index is 12.6. The van der Waals surface area contributed by atoms with E-state index in [0.717, 1.165) is 51.1 Å². The molecule has 1 saturated heterocycles. The molecule has 2 aromatic rings. The van der Waals surface area contributed by atoms with Crippen molar-refractivity contribution < 1.29 is 14.7 Å². The van der Waals surface area contributed by atoms with Gasteiger partial charge in [0.15, 0.2) is 0 Å². The number of aliphatic hydroxyl groups excluding tert-OH is 1. The summed E-state index contributed by atoms with van der Waals surface area (Å²) in [6, 6.07) is 10.4. The molecule has 33 heavy (non-hydrogen) atoms. The van der Waals surface area contributed by atoms with Crippen LogP contribution in [0, 0.1) is 0 Å². The minimum atomic E-state index is -0.639. The number of aromatic nitrogens is 1. The van der Waals surface area contributed by atoms with Crippen LogP contribution in [0.2, 0.25) is 0 Å². The summed E-state index contributed by atoms with van der Waals surface area (Å²) in [7, 11) is 0. The molecule has 4 rings (SSSR count). The quantitative estimate of drug-likeness (QED) is 0.592. The monoisotopic (exact) mass is 451 g/mol. The number of carbonyl (C=O) groups excluding carboxylic acids is 2. The number of anilines is 1. The highest BCUT2D eigenvalue weighted by Gasteiger charge is 2.21. The van der Waals surface area contributed by atoms with Crippen molar-refractivity contribution in [2.45, 2.75) is 44.9 Å². The second kappa shape index (κ2) is 10.8. The number of piperidine rings is 1. The third-order valence-electron chi connectivity index (χ3n) is 6.49. The molecule has 0 unspecified atom stereocenters. The molecule has 0 saturated carbocycles. The molecule has 8 heteroatoms. The Bertz CT molecular complexity index is 974. The van der Waals surface area contributed by atoms with E-state index in [1.165, 1.54) is 17.3 Å². The molecule has 2 aliphatic heterocycles. The molecule has 0 aliphatic carbocycles. The fourth-order valence-corrected chi connectivity index (χ4v) is 4.60. The van der Waals surface area contributed by atoms with Gasteiger partial charge in [-0.1, -0.05) is 24.3 Å². The van der Waals surface area contributed by atoms with Crippen molar-refractivity contribution in [3.63, 3.8) is 0 Å². The number of carbonyl (C=O) groups is 2.